The van der Waals surface area contributed by atoms with Crippen LogP contribution in [0.3, 0.4) is 0 Å². The molecule has 4 heteroatoms. The van der Waals surface area contributed by atoms with E-state index in [2.05, 4.69) is 47.6 Å². The van der Waals surface area contributed by atoms with E-state index in [-0.39, 0.29) is 7.43 Å². The van der Waals surface area contributed by atoms with Crippen LogP contribution in [-0.4, -0.2) is 19.9 Å². The molecule has 0 amide bonds. The summed E-state index contributed by atoms with van der Waals surface area (Å²) in [7, 11) is 0. The SMILES string of the molecule is C.CC(C)c1ncccn1.Cc1cnc(C(C)C)nc1. The molecule has 0 aliphatic carbocycles. The number of aromatic nitrogens is 4. The predicted molar refractivity (Wildman–Crippen MR) is 83.7 cm³/mol. The highest BCUT2D eigenvalue weighted by Crippen LogP contribution is 2.06. The molecule has 0 fully saturated rings. The summed E-state index contributed by atoms with van der Waals surface area (Å²) in [6.07, 6.45) is 7.23. The van der Waals surface area contributed by atoms with Crippen LogP contribution in [0, 0.1) is 6.92 Å². The van der Waals surface area contributed by atoms with E-state index in [1.807, 2.05) is 25.4 Å². The minimum Gasteiger partial charge on any atom is -0.241 e. The smallest absolute Gasteiger partial charge is 0.130 e. The Morgan fingerprint density at radius 1 is 0.750 bits per heavy atom. The molecule has 0 atom stereocenters. The van der Waals surface area contributed by atoms with Crippen molar-refractivity contribution in [2.24, 2.45) is 0 Å². The number of hydrogen-bond donors (Lipinski definition) is 0. The van der Waals surface area contributed by atoms with Crippen molar-refractivity contribution < 1.29 is 0 Å². The van der Waals surface area contributed by atoms with Crippen molar-refractivity contribution in [3.8, 4) is 0 Å². The summed E-state index contributed by atoms with van der Waals surface area (Å²) in [4.78, 5) is 16.5. The minimum absolute atomic E-state index is 0. The Morgan fingerprint density at radius 2 is 1.15 bits per heavy atom. The van der Waals surface area contributed by atoms with E-state index < -0.39 is 0 Å². The van der Waals surface area contributed by atoms with Gasteiger partial charge in [-0.2, -0.15) is 0 Å². The maximum atomic E-state index is 4.17. The highest BCUT2D eigenvalue weighted by atomic mass is 14.9. The molecule has 2 heterocycles. The number of rotatable bonds is 2. The van der Waals surface area contributed by atoms with Crippen LogP contribution >= 0.6 is 0 Å². The molecule has 0 unspecified atom stereocenters. The van der Waals surface area contributed by atoms with Gasteiger partial charge in [0.25, 0.3) is 0 Å². The van der Waals surface area contributed by atoms with Crippen molar-refractivity contribution in [3.05, 3.63) is 48.1 Å². The summed E-state index contributed by atoms with van der Waals surface area (Å²) in [5.74, 6) is 2.70. The number of aryl methyl sites for hydroxylation is 1. The maximum Gasteiger partial charge on any atom is 0.130 e. The Balaban J connectivity index is 0.000000345. The monoisotopic (exact) mass is 274 g/mol. The fourth-order valence-corrected chi connectivity index (χ4v) is 1.31. The maximum absolute atomic E-state index is 4.17. The van der Waals surface area contributed by atoms with Gasteiger partial charge in [0.15, 0.2) is 0 Å². The van der Waals surface area contributed by atoms with Gasteiger partial charge in [0.05, 0.1) is 0 Å². The van der Waals surface area contributed by atoms with Crippen molar-refractivity contribution >= 4 is 0 Å². The molecular formula is C16H26N4. The van der Waals surface area contributed by atoms with Gasteiger partial charge in [-0.1, -0.05) is 35.1 Å². The summed E-state index contributed by atoms with van der Waals surface area (Å²) >= 11 is 0. The van der Waals surface area contributed by atoms with Gasteiger partial charge < -0.3 is 0 Å². The van der Waals surface area contributed by atoms with Crippen LogP contribution in [0.5, 0.6) is 0 Å². The molecule has 2 aromatic rings. The third-order valence-electron chi connectivity index (χ3n) is 2.42. The second-order valence-corrected chi connectivity index (χ2v) is 5.04. The van der Waals surface area contributed by atoms with E-state index in [4.69, 9.17) is 0 Å². The Bertz CT molecular complexity index is 464. The molecule has 110 valence electrons. The lowest BCUT2D eigenvalue weighted by molar-refractivity contribution is 0.771. The lowest BCUT2D eigenvalue weighted by Gasteiger charge is -2.00. The quantitative estimate of drug-likeness (QED) is 0.825. The number of nitrogens with zero attached hydrogens (tertiary/aromatic N) is 4. The molecule has 0 aliphatic rings. The zero-order chi connectivity index (χ0) is 14.3. The average Bonchev–Trinajstić information content (AvgIpc) is 2.41. The van der Waals surface area contributed by atoms with Gasteiger partial charge in [-0.05, 0) is 18.6 Å². The molecule has 2 rings (SSSR count). The largest absolute Gasteiger partial charge is 0.241 e. The highest BCUT2D eigenvalue weighted by Gasteiger charge is 1.99. The van der Waals surface area contributed by atoms with Crippen molar-refractivity contribution in [1.29, 1.82) is 0 Å². The lowest BCUT2D eigenvalue weighted by Crippen LogP contribution is -1.95. The Hall–Kier alpha value is -1.84. The number of hydrogen-bond acceptors (Lipinski definition) is 4. The van der Waals surface area contributed by atoms with Gasteiger partial charge in [0, 0.05) is 36.6 Å². The van der Waals surface area contributed by atoms with E-state index in [0.29, 0.717) is 11.8 Å². The second kappa shape index (κ2) is 9.13. The summed E-state index contributed by atoms with van der Waals surface area (Å²) in [5, 5.41) is 0. The molecule has 0 bridgehead atoms. The van der Waals surface area contributed by atoms with Crippen molar-refractivity contribution in [2.45, 2.75) is 53.9 Å². The molecule has 0 aliphatic heterocycles. The van der Waals surface area contributed by atoms with Crippen molar-refractivity contribution in [2.75, 3.05) is 0 Å². The third-order valence-corrected chi connectivity index (χ3v) is 2.42. The van der Waals surface area contributed by atoms with Crippen LogP contribution in [0.2, 0.25) is 0 Å². The van der Waals surface area contributed by atoms with Crippen LogP contribution in [0.4, 0.5) is 0 Å². The van der Waals surface area contributed by atoms with Crippen LogP contribution < -0.4 is 0 Å². The van der Waals surface area contributed by atoms with Crippen LogP contribution in [0.1, 0.15) is 64.2 Å². The first-order valence-corrected chi connectivity index (χ1v) is 6.56. The van der Waals surface area contributed by atoms with Gasteiger partial charge in [0.2, 0.25) is 0 Å². The molecular weight excluding hydrogens is 248 g/mol. The molecule has 2 aromatic heterocycles. The van der Waals surface area contributed by atoms with E-state index in [9.17, 15) is 0 Å². The molecule has 20 heavy (non-hydrogen) atoms. The Morgan fingerprint density at radius 3 is 1.50 bits per heavy atom. The molecule has 0 saturated heterocycles. The lowest BCUT2D eigenvalue weighted by atomic mass is 10.2. The van der Waals surface area contributed by atoms with E-state index >= 15 is 0 Å². The molecule has 4 nitrogen and oxygen atoms in total. The first-order valence-electron chi connectivity index (χ1n) is 6.56. The second-order valence-electron chi connectivity index (χ2n) is 5.04. The Kier molecular flexibility index (Phi) is 8.29. The van der Waals surface area contributed by atoms with Crippen LogP contribution in [0.15, 0.2) is 30.9 Å². The third kappa shape index (κ3) is 6.36. The fraction of sp³-hybridized carbons (Fsp3) is 0.500. The van der Waals surface area contributed by atoms with Gasteiger partial charge in [-0.3, -0.25) is 0 Å². The van der Waals surface area contributed by atoms with E-state index in [1.54, 1.807) is 12.4 Å². The summed E-state index contributed by atoms with van der Waals surface area (Å²) in [6.45, 7) is 10.3. The average molecular weight is 274 g/mol. The van der Waals surface area contributed by atoms with E-state index in [1.165, 1.54) is 0 Å². The highest BCUT2D eigenvalue weighted by molar-refractivity contribution is 5.03. The van der Waals surface area contributed by atoms with Crippen LogP contribution in [-0.2, 0) is 0 Å². The molecule has 0 radical (unpaired) electrons. The first-order chi connectivity index (χ1) is 9.00. The summed E-state index contributed by atoms with van der Waals surface area (Å²) < 4.78 is 0. The summed E-state index contributed by atoms with van der Waals surface area (Å²) in [6, 6.07) is 1.83. The zero-order valence-corrected chi connectivity index (χ0v) is 12.3. The van der Waals surface area contributed by atoms with Crippen molar-refractivity contribution in [1.82, 2.24) is 19.9 Å². The first kappa shape index (κ1) is 18.2. The molecule has 0 N–H and O–H groups in total. The molecule has 0 aromatic carbocycles. The summed E-state index contributed by atoms with van der Waals surface area (Å²) in [5.41, 5.74) is 1.12. The topological polar surface area (TPSA) is 51.6 Å². The Labute approximate surface area is 122 Å². The van der Waals surface area contributed by atoms with Crippen LogP contribution in [0.25, 0.3) is 0 Å². The normalized spacial score (nSPS) is 9.75. The fourth-order valence-electron chi connectivity index (χ4n) is 1.31. The predicted octanol–water partition coefficient (Wildman–Crippen LogP) is 4.14. The standard InChI is InChI=1S/C8H12N2.C7H10N2.CH4/c1-6(2)8-9-4-7(3)5-10-8;1-6(2)7-8-4-3-5-9-7;/h4-6H,1-3H3;3-6H,1-2H3;1H4. The molecule has 0 saturated carbocycles. The van der Waals surface area contributed by atoms with Crippen molar-refractivity contribution in [3.63, 3.8) is 0 Å². The molecule has 0 spiro atoms. The minimum atomic E-state index is 0. The van der Waals surface area contributed by atoms with E-state index in [0.717, 1.165) is 17.2 Å². The zero-order valence-electron chi connectivity index (χ0n) is 12.3. The van der Waals surface area contributed by atoms with Gasteiger partial charge >= 0.3 is 0 Å². The van der Waals surface area contributed by atoms with Gasteiger partial charge in [-0.15, -0.1) is 0 Å². The van der Waals surface area contributed by atoms with Gasteiger partial charge in [0.1, 0.15) is 11.6 Å². The van der Waals surface area contributed by atoms with Gasteiger partial charge in [-0.25, -0.2) is 19.9 Å².